The topological polar surface area (TPSA) is 95.8 Å². The van der Waals surface area contributed by atoms with E-state index in [0.717, 1.165) is 10.6 Å². The van der Waals surface area contributed by atoms with Gasteiger partial charge in [-0.05, 0) is 43.3 Å². The largest absolute Gasteiger partial charge is 0.503 e. The molecule has 2 N–H and O–H groups in total. The maximum atomic E-state index is 11.1. The number of aromatic hydroxyl groups is 1. The lowest BCUT2D eigenvalue weighted by Crippen LogP contribution is -2.17. The fourth-order valence-corrected chi connectivity index (χ4v) is 2.96. The summed E-state index contributed by atoms with van der Waals surface area (Å²) in [7, 11) is 0. The minimum atomic E-state index is -0.980. The monoisotopic (exact) mass is 371 g/mol. The predicted molar refractivity (Wildman–Crippen MR) is 98.4 cm³/mol. The van der Waals surface area contributed by atoms with E-state index in [-0.39, 0.29) is 17.2 Å². The highest BCUT2D eigenvalue weighted by atomic mass is 32.1. The average molecular weight is 371 g/mol. The number of thiazole rings is 1. The first-order valence-electron chi connectivity index (χ1n) is 7.89. The molecule has 0 bridgehead atoms. The van der Waals surface area contributed by atoms with Gasteiger partial charge in [-0.15, -0.1) is 11.3 Å². The molecule has 0 saturated heterocycles. The van der Waals surface area contributed by atoms with Gasteiger partial charge in [0, 0.05) is 16.8 Å². The van der Waals surface area contributed by atoms with Crippen molar-refractivity contribution in [1.29, 1.82) is 0 Å². The number of benzene rings is 1. The first kappa shape index (κ1) is 17.7. The quantitative estimate of drug-likeness (QED) is 0.654. The van der Waals surface area contributed by atoms with Crippen molar-refractivity contribution in [3.05, 3.63) is 58.5 Å². The molecule has 0 aliphatic carbocycles. The number of nitrogens with zero attached hydrogens (tertiary/aromatic N) is 3. The number of ether oxygens (including phenoxy) is 1. The standard InChI is InChI=1S/C18H17N3O4S/c1-2-25-17-15(22)7-8-16(20-17)21(10-14-9-19-11-26-14)13-5-3-12(4-6-13)18(23)24/h3-9,11,22H,2,10H2,1H3,(H,23,24). The van der Waals surface area contributed by atoms with Crippen molar-refractivity contribution in [2.45, 2.75) is 13.5 Å². The zero-order chi connectivity index (χ0) is 18.5. The highest BCUT2D eigenvalue weighted by molar-refractivity contribution is 7.09. The first-order chi connectivity index (χ1) is 12.6. The summed E-state index contributed by atoms with van der Waals surface area (Å²) in [6, 6.07) is 9.74. The van der Waals surface area contributed by atoms with Gasteiger partial charge in [-0.3, -0.25) is 4.98 Å². The minimum absolute atomic E-state index is 0.0328. The summed E-state index contributed by atoms with van der Waals surface area (Å²) < 4.78 is 5.37. The van der Waals surface area contributed by atoms with Crippen molar-refractivity contribution in [1.82, 2.24) is 9.97 Å². The molecule has 1 aromatic carbocycles. The first-order valence-corrected chi connectivity index (χ1v) is 8.77. The van der Waals surface area contributed by atoms with Crippen molar-refractivity contribution in [2.24, 2.45) is 0 Å². The summed E-state index contributed by atoms with van der Waals surface area (Å²) in [6.45, 7) is 2.69. The van der Waals surface area contributed by atoms with Crippen LogP contribution >= 0.6 is 11.3 Å². The van der Waals surface area contributed by atoms with Crippen LogP contribution in [0.2, 0.25) is 0 Å². The molecule has 26 heavy (non-hydrogen) atoms. The van der Waals surface area contributed by atoms with Gasteiger partial charge in [-0.25, -0.2) is 4.79 Å². The van der Waals surface area contributed by atoms with Crippen LogP contribution in [0.3, 0.4) is 0 Å². The number of rotatable bonds is 7. The average Bonchev–Trinajstić information content (AvgIpc) is 3.15. The van der Waals surface area contributed by atoms with Gasteiger partial charge in [-0.2, -0.15) is 4.98 Å². The molecule has 0 amide bonds. The molecule has 0 radical (unpaired) electrons. The molecule has 0 saturated carbocycles. The lowest BCUT2D eigenvalue weighted by atomic mass is 10.2. The molecule has 8 heteroatoms. The van der Waals surface area contributed by atoms with Gasteiger partial charge in [0.1, 0.15) is 5.82 Å². The Kier molecular flexibility index (Phi) is 5.33. The van der Waals surface area contributed by atoms with E-state index in [0.29, 0.717) is 19.0 Å². The Morgan fingerprint density at radius 1 is 1.23 bits per heavy atom. The third kappa shape index (κ3) is 3.92. The highest BCUT2D eigenvalue weighted by Crippen LogP contribution is 2.32. The van der Waals surface area contributed by atoms with E-state index in [1.54, 1.807) is 42.0 Å². The molecule has 0 aliphatic heterocycles. The Hall–Kier alpha value is -3.13. The number of hydrogen-bond acceptors (Lipinski definition) is 7. The number of anilines is 2. The van der Waals surface area contributed by atoms with Crippen LogP contribution < -0.4 is 9.64 Å². The number of pyridine rings is 1. The summed E-state index contributed by atoms with van der Waals surface area (Å²) in [5, 5.41) is 19.0. The normalized spacial score (nSPS) is 10.5. The molecule has 0 unspecified atom stereocenters. The third-order valence-corrected chi connectivity index (χ3v) is 4.37. The molecule has 3 rings (SSSR count). The molecule has 0 spiro atoms. The number of hydrogen-bond donors (Lipinski definition) is 2. The van der Waals surface area contributed by atoms with Crippen LogP contribution in [0.1, 0.15) is 22.2 Å². The predicted octanol–water partition coefficient (Wildman–Crippen LogP) is 3.68. The van der Waals surface area contributed by atoms with E-state index in [2.05, 4.69) is 9.97 Å². The Morgan fingerprint density at radius 2 is 2.00 bits per heavy atom. The Morgan fingerprint density at radius 3 is 2.62 bits per heavy atom. The Balaban J connectivity index is 2.00. The lowest BCUT2D eigenvalue weighted by molar-refractivity contribution is 0.0697. The van der Waals surface area contributed by atoms with Gasteiger partial charge >= 0.3 is 5.97 Å². The minimum Gasteiger partial charge on any atom is -0.503 e. The van der Waals surface area contributed by atoms with Crippen molar-refractivity contribution in [2.75, 3.05) is 11.5 Å². The molecule has 7 nitrogen and oxygen atoms in total. The van der Waals surface area contributed by atoms with Crippen LogP contribution in [0.25, 0.3) is 0 Å². The second-order valence-electron chi connectivity index (χ2n) is 5.33. The van der Waals surface area contributed by atoms with E-state index in [9.17, 15) is 9.90 Å². The molecule has 134 valence electrons. The molecule has 2 heterocycles. The van der Waals surface area contributed by atoms with Crippen LogP contribution in [0.4, 0.5) is 11.5 Å². The maximum Gasteiger partial charge on any atom is 0.335 e. The Bertz CT molecular complexity index is 882. The number of carboxylic acids is 1. The van der Waals surface area contributed by atoms with Gasteiger partial charge < -0.3 is 19.8 Å². The van der Waals surface area contributed by atoms with Crippen LogP contribution in [-0.4, -0.2) is 32.8 Å². The van der Waals surface area contributed by atoms with Crippen molar-refractivity contribution in [3.8, 4) is 11.6 Å². The van der Waals surface area contributed by atoms with Crippen molar-refractivity contribution >= 4 is 28.8 Å². The zero-order valence-electron chi connectivity index (χ0n) is 14.0. The van der Waals surface area contributed by atoms with Crippen LogP contribution in [0.15, 0.2) is 48.1 Å². The smallest absolute Gasteiger partial charge is 0.335 e. The lowest BCUT2D eigenvalue weighted by Gasteiger charge is -2.24. The number of carbonyl (C=O) groups is 1. The van der Waals surface area contributed by atoms with Crippen molar-refractivity contribution < 1.29 is 19.7 Å². The fraction of sp³-hybridized carbons (Fsp3) is 0.167. The second-order valence-corrected chi connectivity index (χ2v) is 6.30. The zero-order valence-corrected chi connectivity index (χ0v) is 14.8. The number of carboxylic acid groups (broad SMARTS) is 1. The molecule has 0 atom stereocenters. The van der Waals surface area contributed by atoms with Crippen LogP contribution in [0.5, 0.6) is 11.6 Å². The molecule has 3 aromatic rings. The second kappa shape index (κ2) is 7.83. The van der Waals surface area contributed by atoms with Gasteiger partial charge in [0.25, 0.3) is 5.88 Å². The third-order valence-electron chi connectivity index (χ3n) is 3.61. The van der Waals surface area contributed by atoms with E-state index >= 15 is 0 Å². The Labute approximate surface area is 154 Å². The van der Waals surface area contributed by atoms with Crippen molar-refractivity contribution in [3.63, 3.8) is 0 Å². The number of aromatic carboxylic acids is 1. The van der Waals surface area contributed by atoms with Gasteiger partial charge in [0.05, 0.1) is 24.2 Å². The molecule has 2 aromatic heterocycles. The number of aromatic nitrogens is 2. The fourth-order valence-electron chi connectivity index (χ4n) is 2.38. The highest BCUT2D eigenvalue weighted by Gasteiger charge is 2.16. The molecular weight excluding hydrogens is 354 g/mol. The molecule has 0 aliphatic rings. The summed E-state index contributed by atoms with van der Waals surface area (Å²) in [5.74, 6) is -0.286. The maximum absolute atomic E-state index is 11.1. The van der Waals surface area contributed by atoms with Gasteiger partial charge in [-0.1, -0.05) is 0 Å². The summed E-state index contributed by atoms with van der Waals surface area (Å²) >= 11 is 1.51. The van der Waals surface area contributed by atoms with Crippen LogP contribution in [-0.2, 0) is 6.54 Å². The van der Waals surface area contributed by atoms with E-state index in [1.807, 2.05) is 11.8 Å². The van der Waals surface area contributed by atoms with Gasteiger partial charge in [0.15, 0.2) is 5.75 Å². The summed E-state index contributed by atoms with van der Waals surface area (Å²) in [4.78, 5) is 22.5. The molecular formula is C18H17N3O4S. The summed E-state index contributed by atoms with van der Waals surface area (Å²) in [6.07, 6.45) is 1.77. The molecule has 0 fully saturated rings. The van der Waals surface area contributed by atoms with Gasteiger partial charge in [0.2, 0.25) is 0 Å². The van der Waals surface area contributed by atoms with E-state index in [1.165, 1.54) is 17.4 Å². The summed E-state index contributed by atoms with van der Waals surface area (Å²) in [5.41, 5.74) is 2.72. The van der Waals surface area contributed by atoms with E-state index in [4.69, 9.17) is 9.84 Å². The van der Waals surface area contributed by atoms with Crippen LogP contribution in [0, 0.1) is 0 Å². The SMILES string of the molecule is CCOc1nc(N(Cc2cncs2)c2ccc(C(=O)O)cc2)ccc1O. The van der Waals surface area contributed by atoms with E-state index < -0.39 is 5.97 Å².